The van der Waals surface area contributed by atoms with Gasteiger partial charge in [0.25, 0.3) is 0 Å². The van der Waals surface area contributed by atoms with Crippen LogP contribution in [-0.4, -0.2) is 10.9 Å². The van der Waals surface area contributed by atoms with Crippen LogP contribution in [0.3, 0.4) is 0 Å². The van der Waals surface area contributed by atoms with E-state index in [0.717, 1.165) is 10.2 Å². The Labute approximate surface area is 124 Å². The lowest BCUT2D eigenvalue weighted by atomic mass is 10.2. The summed E-state index contributed by atoms with van der Waals surface area (Å²) in [4.78, 5) is 16.1. The number of carbonyl (C=O) groups excluding carboxylic acids is 1. The molecule has 3 aromatic rings. The highest BCUT2D eigenvalue weighted by atomic mass is 32.1. The molecule has 0 aliphatic rings. The fourth-order valence-electron chi connectivity index (χ4n) is 1.85. The summed E-state index contributed by atoms with van der Waals surface area (Å²) < 4.78 is 14.0. The highest BCUT2D eigenvalue weighted by molar-refractivity contribution is 7.22. The first kappa shape index (κ1) is 13.5. The Morgan fingerprint density at radius 1 is 1.19 bits per heavy atom. The number of halogens is 1. The van der Waals surface area contributed by atoms with Crippen LogP contribution in [-0.2, 0) is 4.79 Å². The van der Waals surface area contributed by atoms with E-state index in [9.17, 15) is 9.18 Å². The van der Waals surface area contributed by atoms with Crippen molar-refractivity contribution < 1.29 is 9.18 Å². The van der Waals surface area contributed by atoms with Gasteiger partial charge >= 0.3 is 0 Å². The molecule has 0 radical (unpaired) electrons. The van der Waals surface area contributed by atoms with E-state index in [-0.39, 0.29) is 11.7 Å². The van der Waals surface area contributed by atoms with Crippen LogP contribution in [0.2, 0.25) is 0 Å². The summed E-state index contributed by atoms with van der Waals surface area (Å²) in [5, 5.41) is 3.25. The molecule has 0 aliphatic heterocycles. The van der Waals surface area contributed by atoms with Crippen LogP contribution in [0.5, 0.6) is 0 Å². The molecule has 0 saturated heterocycles. The third kappa shape index (κ3) is 3.32. The van der Waals surface area contributed by atoms with Crippen LogP contribution in [0.15, 0.2) is 54.6 Å². The van der Waals surface area contributed by atoms with E-state index >= 15 is 0 Å². The lowest BCUT2D eigenvalue weighted by Crippen LogP contribution is -2.07. The van der Waals surface area contributed by atoms with Crippen molar-refractivity contribution >= 4 is 38.7 Å². The topological polar surface area (TPSA) is 42.0 Å². The summed E-state index contributed by atoms with van der Waals surface area (Å²) in [7, 11) is 0. The smallest absolute Gasteiger partial charge is 0.250 e. The molecule has 0 bridgehead atoms. The van der Waals surface area contributed by atoms with Gasteiger partial charge in [0.05, 0.1) is 10.2 Å². The van der Waals surface area contributed by atoms with Gasteiger partial charge in [-0.25, -0.2) is 9.37 Å². The number of rotatable bonds is 3. The Bertz CT molecular complexity index is 793. The second-order valence-electron chi connectivity index (χ2n) is 4.36. The summed E-state index contributed by atoms with van der Waals surface area (Å²) in [6, 6.07) is 13.7. The molecule has 3 rings (SSSR count). The number of para-hydroxylation sites is 1. The maximum atomic E-state index is 13.0. The predicted molar refractivity (Wildman–Crippen MR) is 83.7 cm³/mol. The average molecular weight is 298 g/mol. The number of thiazole rings is 1. The van der Waals surface area contributed by atoms with Gasteiger partial charge in [0, 0.05) is 6.08 Å². The molecule has 0 saturated carbocycles. The van der Waals surface area contributed by atoms with Crippen LogP contribution in [0.25, 0.3) is 16.3 Å². The summed E-state index contributed by atoms with van der Waals surface area (Å²) in [5.74, 6) is -0.623. The van der Waals surface area contributed by atoms with E-state index in [1.165, 1.54) is 29.5 Å². The summed E-state index contributed by atoms with van der Waals surface area (Å²) in [6.07, 6.45) is 2.92. The molecule has 0 aliphatic carbocycles. The molecular formula is C16H11FN2OS. The summed E-state index contributed by atoms with van der Waals surface area (Å²) in [6.45, 7) is 0. The molecule has 0 atom stereocenters. The Morgan fingerprint density at radius 2 is 2.05 bits per heavy atom. The maximum Gasteiger partial charge on any atom is 0.250 e. The molecule has 2 aromatic carbocycles. The van der Waals surface area contributed by atoms with Gasteiger partial charge in [-0.05, 0) is 35.9 Å². The van der Waals surface area contributed by atoms with E-state index in [1.807, 2.05) is 24.3 Å². The number of benzene rings is 2. The van der Waals surface area contributed by atoms with Crippen molar-refractivity contribution in [3.05, 3.63) is 66.0 Å². The first-order valence-corrected chi connectivity index (χ1v) is 7.12. The first-order valence-electron chi connectivity index (χ1n) is 6.31. The van der Waals surface area contributed by atoms with E-state index in [2.05, 4.69) is 10.3 Å². The normalized spacial score (nSPS) is 11.1. The fourth-order valence-corrected chi connectivity index (χ4v) is 2.72. The average Bonchev–Trinajstić information content (AvgIpc) is 2.87. The lowest BCUT2D eigenvalue weighted by molar-refractivity contribution is -0.111. The van der Waals surface area contributed by atoms with Crippen molar-refractivity contribution in [2.75, 3.05) is 5.32 Å². The van der Waals surface area contributed by atoms with Crippen LogP contribution in [0.1, 0.15) is 5.56 Å². The molecule has 0 fully saturated rings. The van der Waals surface area contributed by atoms with Crippen molar-refractivity contribution in [1.82, 2.24) is 4.98 Å². The molecule has 3 nitrogen and oxygen atoms in total. The minimum absolute atomic E-state index is 0.293. The molecule has 21 heavy (non-hydrogen) atoms. The van der Waals surface area contributed by atoms with E-state index < -0.39 is 0 Å². The maximum absolute atomic E-state index is 13.0. The predicted octanol–water partition coefficient (Wildman–Crippen LogP) is 4.09. The van der Waals surface area contributed by atoms with Crippen LogP contribution >= 0.6 is 11.3 Å². The third-order valence-corrected chi connectivity index (χ3v) is 3.75. The minimum Gasteiger partial charge on any atom is -0.298 e. The first-order chi connectivity index (χ1) is 10.2. The van der Waals surface area contributed by atoms with Crippen molar-refractivity contribution in [2.45, 2.75) is 0 Å². The number of aromatic nitrogens is 1. The Morgan fingerprint density at radius 3 is 2.86 bits per heavy atom. The monoisotopic (exact) mass is 298 g/mol. The standard InChI is InChI=1S/C16H11FN2OS/c17-12-5-3-4-11(10-12)8-9-15(20)19-16-18-13-6-1-2-7-14(13)21-16/h1-10H,(H,18,19,20)/b9-8+. The summed E-state index contributed by atoms with van der Waals surface area (Å²) in [5.41, 5.74) is 1.49. The number of hydrogen-bond acceptors (Lipinski definition) is 3. The quantitative estimate of drug-likeness (QED) is 0.740. The Balaban J connectivity index is 1.71. The highest BCUT2D eigenvalue weighted by Gasteiger charge is 2.04. The van der Waals surface area contributed by atoms with Gasteiger partial charge in [-0.1, -0.05) is 35.6 Å². The number of nitrogens with zero attached hydrogens (tertiary/aromatic N) is 1. The van der Waals surface area contributed by atoms with Crippen molar-refractivity contribution in [3.8, 4) is 0 Å². The number of anilines is 1. The molecule has 1 heterocycles. The molecule has 5 heteroatoms. The lowest BCUT2D eigenvalue weighted by Gasteiger charge is -1.96. The van der Waals surface area contributed by atoms with Crippen LogP contribution in [0, 0.1) is 5.82 Å². The van der Waals surface area contributed by atoms with Crippen molar-refractivity contribution in [3.63, 3.8) is 0 Å². The van der Waals surface area contributed by atoms with Crippen molar-refractivity contribution in [1.29, 1.82) is 0 Å². The van der Waals surface area contributed by atoms with Gasteiger partial charge in [-0.3, -0.25) is 10.1 Å². The number of amides is 1. The van der Waals surface area contributed by atoms with Crippen LogP contribution in [0.4, 0.5) is 9.52 Å². The third-order valence-electron chi connectivity index (χ3n) is 2.80. The highest BCUT2D eigenvalue weighted by Crippen LogP contribution is 2.25. The number of fused-ring (bicyclic) bond motifs is 1. The molecule has 1 aromatic heterocycles. The van der Waals surface area contributed by atoms with Gasteiger partial charge in [0.2, 0.25) is 5.91 Å². The molecular weight excluding hydrogens is 287 g/mol. The van der Waals surface area contributed by atoms with Gasteiger partial charge in [-0.15, -0.1) is 0 Å². The van der Waals surface area contributed by atoms with E-state index in [1.54, 1.807) is 18.2 Å². The zero-order valence-electron chi connectivity index (χ0n) is 10.9. The van der Waals surface area contributed by atoms with E-state index in [0.29, 0.717) is 10.7 Å². The molecule has 1 amide bonds. The van der Waals surface area contributed by atoms with Gasteiger partial charge in [-0.2, -0.15) is 0 Å². The SMILES string of the molecule is O=C(/C=C/c1cccc(F)c1)Nc1nc2ccccc2s1. The minimum atomic E-state index is -0.330. The van der Waals surface area contributed by atoms with Gasteiger partial charge in [0.1, 0.15) is 5.82 Å². The number of carbonyl (C=O) groups is 1. The van der Waals surface area contributed by atoms with Crippen LogP contribution < -0.4 is 5.32 Å². The zero-order chi connectivity index (χ0) is 14.7. The molecule has 0 spiro atoms. The Kier molecular flexibility index (Phi) is 3.75. The second kappa shape index (κ2) is 5.85. The molecule has 1 N–H and O–H groups in total. The zero-order valence-corrected chi connectivity index (χ0v) is 11.7. The van der Waals surface area contributed by atoms with Gasteiger partial charge < -0.3 is 0 Å². The van der Waals surface area contributed by atoms with Crippen molar-refractivity contribution in [2.24, 2.45) is 0 Å². The number of hydrogen-bond donors (Lipinski definition) is 1. The largest absolute Gasteiger partial charge is 0.298 e. The van der Waals surface area contributed by atoms with Gasteiger partial charge in [0.15, 0.2) is 5.13 Å². The summed E-state index contributed by atoms with van der Waals surface area (Å²) >= 11 is 1.41. The van der Waals surface area contributed by atoms with E-state index in [4.69, 9.17) is 0 Å². The molecule has 104 valence electrons. The fraction of sp³-hybridized carbons (Fsp3) is 0. The number of nitrogens with one attached hydrogen (secondary N) is 1. The molecule has 0 unspecified atom stereocenters. The Hall–Kier alpha value is -2.53. The second-order valence-corrected chi connectivity index (χ2v) is 5.39.